The van der Waals surface area contributed by atoms with Gasteiger partial charge in [-0.05, 0) is 38.8 Å². The molecule has 1 aromatic heterocycles. The maximum atomic E-state index is 13.1. The number of sulfonamides is 1. The Morgan fingerprint density at radius 1 is 1.04 bits per heavy atom. The van der Waals surface area contributed by atoms with Crippen molar-refractivity contribution in [2.45, 2.75) is 38.0 Å². The number of amides is 1. The molecule has 2 fully saturated rings. The van der Waals surface area contributed by atoms with Crippen molar-refractivity contribution in [1.82, 2.24) is 18.7 Å². The number of carbonyl (C=O) groups is 1. The lowest BCUT2D eigenvalue weighted by Crippen LogP contribution is -2.48. The number of piperazine rings is 1. The predicted octanol–water partition coefficient (Wildman–Crippen LogP) is 1.29. The number of carbonyl (C=O) groups excluding carboxylic acids is 1. The highest BCUT2D eigenvalue weighted by Crippen LogP contribution is 2.25. The number of aromatic nitrogens is 1. The maximum Gasteiger partial charge on any atom is 0.270 e. The first kappa shape index (κ1) is 19.4. The Labute approximate surface area is 156 Å². The first-order chi connectivity index (χ1) is 12.4. The summed E-state index contributed by atoms with van der Waals surface area (Å²) in [7, 11) is -1.80. The summed E-state index contributed by atoms with van der Waals surface area (Å²) in [5, 5.41) is 0. The van der Waals surface area contributed by atoms with Gasteiger partial charge in [0.2, 0.25) is 10.0 Å². The van der Waals surface area contributed by atoms with Crippen LogP contribution < -0.4 is 0 Å². The molecule has 26 heavy (non-hydrogen) atoms. The second-order valence-electron chi connectivity index (χ2n) is 7.23. The van der Waals surface area contributed by atoms with Crippen LogP contribution in [0.4, 0.5) is 0 Å². The molecular formula is C18H30N4O3S. The summed E-state index contributed by atoms with van der Waals surface area (Å²) in [6.45, 7) is 8.81. The Morgan fingerprint density at radius 2 is 1.65 bits per heavy atom. The van der Waals surface area contributed by atoms with Gasteiger partial charge in [0.25, 0.3) is 5.91 Å². The third-order valence-electron chi connectivity index (χ3n) is 5.75. The van der Waals surface area contributed by atoms with E-state index in [-0.39, 0.29) is 10.8 Å². The maximum absolute atomic E-state index is 13.1. The average Bonchev–Trinajstić information content (AvgIpc) is 2.97. The van der Waals surface area contributed by atoms with E-state index in [2.05, 4.69) is 11.8 Å². The SMILES string of the molecule is CCN1CCN(S(=O)(=O)c2cc(C(=O)N3CCCCC3)n(C)c2C)CC1. The van der Waals surface area contributed by atoms with Gasteiger partial charge in [0.1, 0.15) is 10.6 Å². The van der Waals surface area contributed by atoms with Gasteiger partial charge in [0.05, 0.1) is 0 Å². The van der Waals surface area contributed by atoms with E-state index in [0.29, 0.717) is 24.5 Å². The van der Waals surface area contributed by atoms with Crippen molar-refractivity contribution in [1.29, 1.82) is 0 Å². The standard InChI is InChI=1S/C18H30N4O3S/c1-4-20-10-12-22(13-11-20)26(24,25)17-14-16(19(3)15(17)2)18(23)21-8-6-5-7-9-21/h14H,4-13H2,1-3H3. The Balaban J connectivity index is 1.85. The molecule has 146 valence electrons. The Hall–Kier alpha value is -1.38. The minimum absolute atomic E-state index is 0.0625. The van der Waals surface area contributed by atoms with Crippen molar-refractivity contribution in [3.8, 4) is 0 Å². The van der Waals surface area contributed by atoms with Gasteiger partial charge in [0, 0.05) is 52.0 Å². The minimum Gasteiger partial charge on any atom is -0.343 e. The van der Waals surface area contributed by atoms with E-state index in [1.807, 2.05) is 4.90 Å². The lowest BCUT2D eigenvalue weighted by Gasteiger charge is -2.33. The molecule has 1 amide bonds. The van der Waals surface area contributed by atoms with Crippen LogP contribution in [0.1, 0.15) is 42.4 Å². The third-order valence-corrected chi connectivity index (χ3v) is 7.76. The van der Waals surface area contributed by atoms with Crippen molar-refractivity contribution >= 4 is 15.9 Å². The van der Waals surface area contributed by atoms with Crippen LogP contribution in [0, 0.1) is 6.92 Å². The number of likely N-dealkylation sites (tertiary alicyclic amines) is 1. The second kappa shape index (κ2) is 7.70. The average molecular weight is 383 g/mol. The molecule has 0 bridgehead atoms. The van der Waals surface area contributed by atoms with Gasteiger partial charge in [-0.15, -0.1) is 0 Å². The van der Waals surface area contributed by atoms with Gasteiger partial charge < -0.3 is 14.4 Å². The zero-order chi connectivity index (χ0) is 18.9. The Morgan fingerprint density at radius 3 is 2.23 bits per heavy atom. The number of hydrogen-bond acceptors (Lipinski definition) is 4. The van der Waals surface area contributed by atoms with E-state index >= 15 is 0 Å². The predicted molar refractivity (Wildman–Crippen MR) is 101 cm³/mol. The van der Waals surface area contributed by atoms with E-state index in [4.69, 9.17) is 0 Å². The molecule has 0 aromatic carbocycles. The Kier molecular flexibility index (Phi) is 5.74. The highest BCUT2D eigenvalue weighted by molar-refractivity contribution is 7.89. The van der Waals surface area contributed by atoms with Crippen LogP contribution >= 0.6 is 0 Å². The summed E-state index contributed by atoms with van der Waals surface area (Å²) in [6, 6.07) is 1.58. The molecule has 0 unspecified atom stereocenters. The fraction of sp³-hybridized carbons (Fsp3) is 0.722. The van der Waals surface area contributed by atoms with E-state index in [9.17, 15) is 13.2 Å². The van der Waals surface area contributed by atoms with E-state index in [1.54, 1.807) is 28.9 Å². The molecule has 1 aromatic rings. The molecule has 2 aliphatic rings. The summed E-state index contributed by atoms with van der Waals surface area (Å²) in [4.78, 5) is 17.2. The molecule has 0 spiro atoms. The normalized spacial score (nSPS) is 20.5. The van der Waals surface area contributed by atoms with E-state index in [0.717, 1.165) is 52.0 Å². The first-order valence-corrected chi connectivity index (χ1v) is 11.0. The van der Waals surface area contributed by atoms with Crippen LogP contribution in [-0.2, 0) is 17.1 Å². The first-order valence-electron chi connectivity index (χ1n) is 9.54. The summed E-state index contributed by atoms with van der Waals surface area (Å²) >= 11 is 0. The second-order valence-corrected chi connectivity index (χ2v) is 9.14. The zero-order valence-corrected chi connectivity index (χ0v) is 16.9. The highest BCUT2D eigenvalue weighted by Gasteiger charge is 2.33. The molecule has 2 aliphatic heterocycles. The van der Waals surface area contributed by atoms with Crippen LogP contribution in [0.3, 0.4) is 0 Å². The molecule has 0 saturated carbocycles. The number of nitrogens with zero attached hydrogens (tertiary/aromatic N) is 4. The number of hydrogen-bond donors (Lipinski definition) is 0. The monoisotopic (exact) mass is 382 g/mol. The fourth-order valence-electron chi connectivity index (χ4n) is 3.82. The molecule has 0 atom stereocenters. The van der Waals surface area contributed by atoms with Gasteiger partial charge in [-0.25, -0.2) is 8.42 Å². The fourth-order valence-corrected chi connectivity index (χ4v) is 5.51. The molecule has 3 heterocycles. The van der Waals surface area contributed by atoms with Crippen LogP contribution in [-0.4, -0.2) is 78.8 Å². The van der Waals surface area contributed by atoms with Crippen LogP contribution in [0.5, 0.6) is 0 Å². The summed E-state index contributed by atoms with van der Waals surface area (Å²) in [6.07, 6.45) is 3.18. The highest BCUT2D eigenvalue weighted by atomic mass is 32.2. The molecular weight excluding hydrogens is 352 g/mol. The number of likely N-dealkylation sites (N-methyl/N-ethyl adjacent to an activating group) is 1. The quantitative estimate of drug-likeness (QED) is 0.787. The van der Waals surface area contributed by atoms with Crippen molar-refractivity contribution in [2.75, 3.05) is 45.8 Å². The lowest BCUT2D eigenvalue weighted by atomic mass is 10.1. The van der Waals surface area contributed by atoms with E-state index < -0.39 is 10.0 Å². The van der Waals surface area contributed by atoms with Crippen molar-refractivity contribution in [3.63, 3.8) is 0 Å². The van der Waals surface area contributed by atoms with Gasteiger partial charge in [0.15, 0.2) is 0 Å². The molecule has 0 aliphatic carbocycles. The minimum atomic E-state index is -3.58. The van der Waals surface area contributed by atoms with Crippen molar-refractivity contribution in [3.05, 3.63) is 17.5 Å². The molecule has 0 radical (unpaired) electrons. The van der Waals surface area contributed by atoms with Crippen molar-refractivity contribution < 1.29 is 13.2 Å². The lowest BCUT2D eigenvalue weighted by molar-refractivity contribution is 0.0714. The number of rotatable bonds is 4. The number of piperidine rings is 1. The smallest absolute Gasteiger partial charge is 0.270 e. The topological polar surface area (TPSA) is 65.9 Å². The van der Waals surface area contributed by atoms with Gasteiger partial charge >= 0.3 is 0 Å². The van der Waals surface area contributed by atoms with Crippen LogP contribution in [0.15, 0.2) is 11.0 Å². The van der Waals surface area contributed by atoms with Gasteiger partial charge in [-0.2, -0.15) is 4.31 Å². The van der Waals surface area contributed by atoms with Gasteiger partial charge in [-0.3, -0.25) is 4.79 Å². The van der Waals surface area contributed by atoms with Gasteiger partial charge in [-0.1, -0.05) is 6.92 Å². The van der Waals surface area contributed by atoms with E-state index in [1.165, 1.54) is 0 Å². The third kappa shape index (κ3) is 3.54. The zero-order valence-electron chi connectivity index (χ0n) is 16.1. The molecule has 0 N–H and O–H groups in total. The Bertz CT molecular complexity index is 758. The summed E-state index contributed by atoms with van der Waals surface area (Å²) in [5.74, 6) is -0.0625. The summed E-state index contributed by atoms with van der Waals surface area (Å²) in [5.41, 5.74) is 1.10. The van der Waals surface area contributed by atoms with Crippen LogP contribution in [0.25, 0.3) is 0 Å². The molecule has 2 saturated heterocycles. The molecule has 3 rings (SSSR count). The molecule has 8 heteroatoms. The molecule has 7 nitrogen and oxygen atoms in total. The van der Waals surface area contributed by atoms with Crippen LogP contribution in [0.2, 0.25) is 0 Å². The van der Waals surface area contributed by atoms with Crippen molar-refractivity contribution in [2.24, 2.45) is 7.05 Å². The largest absolute Gasteiger partial charge is 0.343 e. The summed E-state index contributed by atoms with van der Waals surface area (Å²) < 4.78 is 29.6.